The number of carbonyl (C=O) groups is 1. The Morgan fingerprint density at radius 3 is 2.66 bits per heavy atom. The predicted molar refractivity (Wildman–Crippen MR) is 191 cm³/mol. The summed E-state index contributed by atoms with van der Waals surface area (Å²) in [6, 6.07) is 11.8. The standard InChI is InChI=1S/C37H54ClN3O5S/c1-5-7-24(3)25(4)47(44)40-37(43)28-11-14-35-33(18-28)41(21-29-10-9-26(29)15-16-45-36-20-39-19-34(36)42)22-30(23-46-35)32-13-12-31(38)17-27(32)8-6-2/h11-14,17-18,24-26,29-30,34,36,39,42H,5-10,15-16,19-23H2,1-4H3,(H,40,43). The van der Waals surface area contributed by atoms with Crippen LogP contribution in [0.4, 0.5) is 5.69 Å². The molecule has 2 fully saturated rings. The molecule has 3 N–H and O–H groups in total. The second-order valence-corrected chi connectivity index (χ2v) is 15.9. The van der Waals surface area contributed by atoms with E-state index in [1.807, 2.05) is 25.1 Å². The number of fused-ring (bicyclic) bond motifs is 1. The summed E-state index contributed by atoms with van der Waals surface area (Å²) in [5.74, 6) is 1.85. The predicted octanol–water partition coefficient (Wildman–Crippen LogP) is 6.26. The Labute approximate surface area is 288 Å². The molecule has 1 saturated heterocycles. The maximum atomic E-state index is 13.4. The van der Waals surface area contributed by atoms with E-state index in [-0.39, 0.29) is 29.1 Å². The van der Waals surface area contributed by atoms with Crippen molar-refractivity contribution in [2.75, 3.05) is 44.3 Å². The molecule has 1 aliphatic carbocycles. The van der Waals surface area contributed by atoms with Crippen LogP contribution in [0.15, 0.2) is 36.4 Å². The van der Waals surface area contributed by atoms with Gasteiger partial charge in [-0.2, -0.15) is 0 Å². The maximum Gasteiger partial charge on any atom is 0.263 e. The Morgan fingerprint density at radius 1 is 1.15 bits per heavy atom. The molecule has 1 amide bonds. The summed E-state index contributed by atoms with van der Waals surface area (Å²) >= 11 is 6.43. The molecule has 5 rings (SSSR count). The van der Waals surface area contributed by atoms with Crippen molar-refractivity contribution in [1.29, 1.82) is 0 Å². The van der Waals surface area contributed by atoms with Crippen molar-refractivity contribution in [3.63, 3.8) is 0 Å². The Balaban J connectivity index is 1.35. The number of ether oxygens (including phenoxy) is 2. The van der Waals surface area contributed by atoms with E-state index in [1.54, 1.807) is 6.07 Å². The first-order valence-corrected chi connectivity index (χ1v) is 19.3. The highest BCUT2D eigenvalue weighted by Crippen LogP contribution is 2.42. The highest BCUT2D eigenvalue weighted by atomic mass is 35.5. The molecule has 3 aliphatic rings. The number of anilines is 1. The van der Waals surface area contributed by atoms with Crippen LogP contribution >= 0.6 is 11.6 Å². The molecule has 0 spiro atoms. The van der Waals surface area contributed by atoms with E-state index in [9.17, 15) is 14.1 Å². The molecule has 47 heavy (non-hydrogen) atoms. The maximum absolute atomic E-state index is 13.4. The zero-order valence-electron chi connectivity index (χ0n) is 28.5. The van der Waals surface area contributed by atoms with Crippen molar-refractivity contribution in [2.24, 2.45) is 17.8 Å². The van der Waals surface area contributed by atoms with E-state index in [4.69, 9.17) is 21.1 Å². The number of nitrogens with zero attached hydrogens (tertiary/aromatic N) is 1. The van der Waals surface area contributed by atoms with Gasteiger partial charge >= 0.3 is 0 Å². The van der Waals surface area contributed by atoms with Crippen molar-refractivity contribution in [3.05, 3.63) is 58.1 Å². The summed E-state index contributed by atoms with van der Waals surface area (Å²) in [5.41, 5.74) is 3.92. The van der Waals surface area contributed by atoms with Gasteiger partial charge in [-0.3, -0.25) is 9.52 Å². The van der Waals surface area contributed by atoms with Crippen molar-refractivity contribution in [2.45, 2.75) is 96.0 Å². The Hall–Kier alpha value is -2.17. The average Bonchev–Trinajstić information content (AvgIpc) is 3.37. The molecule has 2 aromatic carbocycles. The Morgan fingerprint density at radius 2 is 1.96 bits per heavy atom. The van der Waals surface area contributed by atoms with Crippen LogP contribution in [0.5, 0.6) is 5.75 Å². The fraction of sp³-hybridized carbons (Fsp3) is 0.649. The van der Waals surface area contributed by atoms with Crippen molar-refractivity contribution < 1.29 is 23.6 Å². The van der Waals surface area contributed by atoms with Crippen molar-refractivity contribution in [1.82, 2.24) is 10.0 Å². The van der Waals surface area contributed by atoms with Crippen molar-refractivity contribution >= 4 is 34.2 Å². The van der Waals surface area contributed by atoms with Crippen LogP contribution in [0.2, 0.25) is 5.02 Å². The highest BCUT2D eigenvalue weighted by Gasteiger charge is 2.36. The summed E-state index contributed by atoms with van der Waals surface area (Å²) < 4.78 is 28.4. The van der Waals surface area contributed by atoms with E-state index in [0.29, 0.717) is 43.7 Å². The molecule has 260 valence electrons. The van der Waals surface area contributed by atoms with Gasteiger partial charge in [0, 0.05) is 49.3 Å². The minimum Gasteiger partial charge on any atom is -0.491 e. The largest absolute Gasteiger partial charge is 0.491 e. The average molecular weight is 688 g/mol. The van der Waals surface area contributed by atoms with E-state index in [2.05, 4.69) is 47.8 Å². The SMILES string of the molecule is CCCc1cc(Cl)ccc1C1COc2ccc(C(=O)NS(=O)C(C)C(C)CCC)cc2N(CC2CCC2CCOC2CNCC2O)C1. The van der Waals surface area contributed by atoms with Crippen LogP contribution < -0.4 is 19.7 Å². The minimum absolute atomic E-state index is 0.127. The fourth-order valence-electron chi connectivity index (χ4n) is 7.32. The lowest BCUT2D eigenvalue weighted by Crippen LogP contribution is -2.41. The summed E-state index contributed by atoms with van der Waals surface area (Å²) in [4.78, 5) is 15.8. The number of halogens is 1. The lowest BCUT2D eigenvalue weighted by atomic mass is 9.71. The first kappa shape index (κ1) is 36.1. The zero-order chi connectivity index (χ0) is 33.5. The summed E-state index contributed by atoms with van der Waals surface area (Å²) in [6.45, 7) is 12.4. The molecule has 1 saturated carbocycles. The number of aliphatic hydroxyl groups is 1. The van der Waals surface area contributed by atoms with Gasteiger partial charge in [0.2, 0.25) is 0 Å². The lowest BCUT2D eigenvalue weighted by Gasteiger charge is -2.41. The van der Waals surface area contributed by atoms with Gasteiger partial charge < -0.3 is 24.8 Å². The number of rotatable bonds is 15. The molecule has 0 bridgehead atoms. The molecular formula is C37H54ClN3O5S. The van der Waals surface area contributed by atoms with E-state index in [0.717, 1.165) is 68.1 Å². The zero-order valence-corrected chi connectivity index (χ0v) is 30.1. The number of hydrogen-bond acceptors (Lipinski definition) is 7. The molecule has 2 aliphatic heterocycles. The Kier molecular flexibility index (Phi) is 13.0. The molecule has 8 nitrogen and oxygen atoms in total. The van der Waals surface area contributed by atoms with Gasteiger partial charge in [0.05, 0.1) is 29.8 Å². The van der Waals surface area contributed by atoms with E-state index in [1.165, 1.54) is 17.5 Å². The number of hydrogen-bond donors (Lipinski definition) is 3. The first-order valence-electron chi connectivity index (χ1n) is 17.7. The van der Waals surface area contributed by atoms with Crippen LogP contribution in [0.3, 0.4) is 0 Å². The second-order valence-electron chi connectivity index (χ2n) is 13.9. The quantitative estimate of drug-likeness (QED) is 0.203. The van der Waals surface area contributed by atoms with Gasteiger partial charge in [-0.1, -0.05) is 51.3 Å². The van der Waals surface area contributed by atoms with E-state index < -0.39 is 17.1 Å². The molecule has 2 aromatic rings. The monoisotopic (exact) mass is 687 g/mol. The summed E-state index contributed by atoms with van der Waals surface area (Å²) in [5, 5.41) is 13.9. The normalized spacial score (nSPS) is 26.0. The van der Waals surface area contributed by atoms with Crippen LogP contribution in [0.1, 0.15) is 93.6 Å². The first-order chi connectivity index (χ1) is 22.7. The molecule has 2 heterocycles. The number of amides is 1. The number of carbonyl (C=O) groups excluding carboxylic acids is 1. The third kappa shape index (κ3) is 9.09. The highest BCUT2D eigenvalue weighted by molar-refractivity contribution is 7.84. The molecule has 0 aromatic heterocycles. The Bertz CT molecular complexity index is 1380. The van der Waals surface area contributed by atoms with Gasteiger partial charge in [0.25, 0.3) is 5.91 Å². The van der Waals surface area contributed by atoms with Gasteiger partial charge in [-0.05, 0) is 98.2 Å². The molecule has 0 radical (unpaired) electrons. The van der Waals surface area contributed by atoms with Crippen LogP contribution in [-0.2, 0) is 22.1 Å². The van der Waals surface area contributed by atoms with Crippen LogP contribution in [0, 0.1) is 17.8 Å². The fourth-order valence-corrected chi connectivity index (χ4v) is 8.56. The number of β-amino-alcohol motifs (C(OH)–C–C–N with tert-alkyl or cyclic N) is 1. The topological polar surface area (TPSA) is 100 Å². The third-order valence-electron chi connectivity index (χ3n) is 10.6. The second kappa shape index (κ2) is 17.0. The molecule has 8 unspecified atom stereocenters. The summed E-state index contributed by atoms with van der Waals surface area (Å²) in [7, 11) is -1.48. The van der Waals surface area contributed by atoms with Gasteiger partial charge in [0.15, 0.2) is 0 Å². The number of aryl methyl sites for hydroxylation is 1. The number of aliphatic hydroxyl groups excluding tert-OH is 1. The van der Waals surface area contributed by atoms with E-state index >= 15 is 0 Å². The minimum atomic E-state index is -1.48. The van der Waals surface area contributed by atoms with Gasteiger partial charge in [-0.25, -0.2) is 4.21 Å². The summed E-state index contributed by atoms with van der Waals surface area (Å²) in [6.07, 6.45) is 6.68. The molecular weight excluding hydrogens is 634 g/mol. The van der Waals surface area contributed by atoms with Crippen LogP contribution in [0.25, 0.3) is 0 Å². The van der Waals surface area contributed by atoms with Gasteiger partial charge in [0.1, 0.15) is 16.7 Å². The van der Waals surface area contributed by atoms with Crippen molar-refractivity contribution in [3.8, 4) is 5.75 Å². The van der Waals surface area contributed by atoms with Crippen LogP contribution in [-0.4, -0.2) is 72.1 Å². The molecule has 10 heteroatoms. The lowest BCUT2D eigenvalue weighted by molar-refractivity contribution is -0.0204. The number of nitrogens with one attached hydrogen (secondary N) is 2. The third-order valence-corrected chi connectivity index (χ3v) is 12.3. The molecule has 8 atom stereocenters. The smallest absolute Gasteiger partial charge is 0.263 e. The van der Waals surface area contributed by atoms with Gasteiger partial charge in [-0.15, -0.1) is 0 Å². The number of benzene rings is 2.